The predicted octanol–water partition coefficient (Wildman–Crippen LogP) is 3.35. The van der Waals surface area contributed by atoms with Crippen molar-refractivity contribution < 1.29 is 13.9 Å². The van der Waals surface area contributed by atoms with Crippen molar-refractivity contribution in [2.75, 3.05) is 7.11 Å². The predicted molar refractivity (Wildman–Crippen MR) is 79.8 cm³/mol. The highest BCUT2D eigenvalue weighted by atomic mass is 35.5. The van der Waals surface area contributed by atoms with Gasteiger partial charge < -0.3 is 15.2 Å². The molecule has 0 amide bonds. The summed E-state index contributed by atoms with van der Waals surface area (Å²) in [4.78, 5) is 0. The van der Waals surface area contributed by atoms with Crippen LogP contribution in [0.2, 0.25) is 5.02 Å². The lowest BCUT2D eigenvalue weighted by atomic mass is 10.2. The Balaban J connectivity index is 2.17. The fraction of sp³-hybridized carbons (Fsp3) is 0.133. The zero-order chi connectivity index (χ0) is 15.4. The van der Waals surface area contributed by atoms with Gasteiger partial charge >= 0.3 is 0 Å². The molecule has 0 saturated heterocycles. The van der Waals surface area contributed by atoms with Crippen LogP contribution in [-0.4, -0.2) is 12.9 Å². The molecule has 0 bridgehead atoms. The summed E-state index contributed by atoms with van der Waals surface area (Å²) < 4.78 is 24.4. The van der Waals surface area contributed by atoms with Crippen molar-refractivity contribution in [1.29, 1.82) is 5.41 Å². The molecule has 0 unspecified atom stereocenters. The number of benzene rings is 2. The molecule has 0 radical (unpaired) electrons. The molecule has 110 valence electrons. The average Bonchev–Trinajstić information content (AvgIpc) is 2.46. The summed E-state index contributed by atoms with van der Waals surface area (Å²) in [5, 5.41) is 7.71. The molecule has 0 fully saturated rings. The minimum Gasteiger partial charge on any atom is -0.493 e. The third-order valence-electron chi connectivity index (χ3n) is 2.87. The molecule has 0 aliphatic rings. The van der Waals surface area contributed by atoms with Gasteiger partial charge in [-0.1, -0.05) is 17.7 Å². The maximum atomic E-state index is 13.7. The summed E-state index contributed by atoms with van der Waals surface area (Å²) in [7, 11) is 1.48. The molecule has 0 saturated carbocycles. The van der Waals surface area contributed by atoms with Crippen molar-refractivity contribution in [2.24, 2.45) is 5.73 Å². The van der Waals surface area contributed by atoms with Crippen molar-refractivity contribution in [2.45, 2.75) is 6.61 Å². The quantitative estimate of drug-likeness (QED) is 0.657. The third-order valence-corrected chi connectivity index (χ3v) is 3.11. The third kappa shape index (κ3) is 3.64. The second kappa shape index (κ2) is 6.45. The first-order chi connectivity index (χ1) is 10.0. The van der Waals surface area contributed by atoms with Crippen molar-refractivity contribution in [3.8, 4) is 11.5 Å². The monoisotopic (exact) mass is 308 g/mol. The van der Waals surface area contributed by atoms with Crippen molar-refractivity contribution >= 4 is 17.4 Å². The van der Waals surface area contributed by atoms with Gasteiger partial charge in [0.1, 0.15) is 18.3 Å². The summed E-state index contributed by atoms with van der Waals surface area (Å²) in [6, 6.07) is 9.25. The maximum Gasteiger partial charge on any atom is 0.161 e. The van der Waals surface area contributed by atoms with E-state index in [1.54, 1.807) is 30.3 Å². The van der Waals surface area contributed by atoms with E-state index < -0.39 is 5.82 Å². The van der Waals surface area contributed by atoms with Gasteiger partial charge in [-0.25, -0.2) is 4.39 Å². The molecule has 0 aliphatic heterocycles. The van der Waals surface area contributed by atoms with E-state index in [1.165, 1.54) is 13.2 Å². The molecule has 21 heavy (non-hydrogen) atoms. The van der Waals surface area contributed by atoms with E-state index in [2.05, 4.69) is 0 Å². The van der Waals surface area contributed by atoms with Crippen LogP contribution in [-0.2, 0) is 6.61 Å². The summed E-state index contributed by atoms with van der Waals surface area (Å²) in [6.45, 7) is 0.0405. The van der Waals surface area contributed by atoms with Crippen LogP contribution >= 0.6 is 11.6 Å². The molecule has 0 heterocycles. The largest absolute Gasteiger partial charge is 0.493 e. The molecule has 3 N–H and O–H groups in total. The number of methoxy groups -OCH3 is 1. The number of halogens is 2. The van der Waals surface area contributed by atoms with Gasteiger partial charge in [0.05, 0.1) is 7.11 Å². The Morgan fingerprint density at radius 2 is 2.00 bits per heavy atom. The number of ether oxygens (including phenoxy) is 2. The fourth-order valence-corrected chi connectivity index (χ4v) is 1.91. The van der Waals surface area contributed by atoms with Crippen molar-refractivity contribution in [3.05, 3.63) is 58.4 Å². The minimum atomic E-state index is -0.429. The van der Waals surface area contributed by atoms with Gasteiger partial charge in [0, 0.05) is 16.1 Å². The van der Waals surface area contributed by atoms with Crippen LogP contribution in [0.15, 0.2) is 36.4 Å². The number of amidine groups is 1. The first kappa shape index (κ1) is 15.1. The van der Waals surface area contributed by atoms with Gasteiger partial charge in [0.2, 0.25) is 0 Å². The average molecular weight is 309 g/mol. The van der Waals surface area contributed by atoms with E-state index in [9.17, 15) is 4.39 Å². The summed E-state index contributed by atoms with van der Waals surface area (Å²) in [5.74, 6) is 0.374. The number of hydrogen-bond acceptors (Lipinski definition) is 3. The molecule has 0 spiro atoms. The van der Waals surface area contributed by atoms with E-state index in [4.69, 9.17) is 32.2 Å². The molecule has 0 aliphatic carbocycles. The van der Waals surface area contributed by atoms with Gasteiger partial charge in [0.25, 0.3) is 0 Å². The Bertz CT molecular complexity index is 677. The minimum absolute atomic E-state index is 0.0405. The number of nitrogens with two attached hydrogens (primary N) is 1. The number of rotatable bonds is 5. The topological polar surface area (TPSA) is 68.3 Å². The van der Waals surface area contributed by atoms with Crippen LogP contribution < -0.4 is 15.2 Å². The molecule has 4 nitrogen and oxygen atoms in total. The molecular weight excluding hydrogens is 295 g/mol. The van der Waals surface area contributed by atoms with Gasteiger partial charge in [-0.05, 0) is 30.3 Å². The normalized spacial score (nSPS) is 10.2. The SMILES string of the molecule is COc1cc(C(=N)N)ccc1OCc1ccc(Cl)cc1F. The van der Waals surface area contributed by atoms with Gasteiger partial charge in [-0.15, -0.1) is 0 Å². The Hall–Kier alpha value is -2.27. The zero-order valence-electron chi connectivity index (χ0n) is 11.3. The molecule has 2 rings (SSSR count). The molecule has 0 aromatic heterocycles. The highest BCUT2D eigenvalue weighted by Gasteiger charge is 2.09. The van der Waals surface area contributed by atoms with Crippen molar-refractivity contribution in [3.63, 3.8) is 0 Å². The number of nitrogens with one attached hydrogen (secondary N) is 1. The van der Waals surface area contributed by atoms with Crippen LogP contribution in [0.5, 0.6) is 11.5 Å². The van der Waals surface area contributed by atoms with Crippen LogP contribution in [0, 0.1) is 11.2 Å². The van der Waals surface area contributed by atoms with Gasteiger partial charge in [0.15, 0.2) is 11.5 Å². The molecule has 0 atom stereocenters. The Labute approximate surface area is 126 Å². The lowest BCUT2D eigenvalue weighted by molar-refractivity contribution is 0.279. The van der Waals surface area contributed by atoms with Crippen LogP contribution in [0.1, 0.15) is 11.1 Å². The summed E-state index contributed by atoms with van der Waals surface area (Å²) in [5.41, 5.74) is 6.32. The van der Waals surface area contributed by atoms with E-state index in [0.29, 0.717) is 27.6 Å². The highest BCUT2D eigenvalue weighted by molar-refractivity contribution is 6.30. The molecular formula is C15H14ClFN2O2. The fourth-order valence-electron chi connectivity index (χ4n) is 1.75. The lowest BCUT2D eigenvalue weighted by Gasteiger charge is -2.12. The standard InChI is InChI=1S/C15H14ClFN2O2/c1-20-14-6-9(15(18)19)3-5-13(14)21-8-10-2-4-11(16)7-12(10)17/h2-7H,8H2,1H3,(H3,18,19). The maximum absolute atomic E-state index is 13.7. The van der Waals surface area contributed by atoms with Crippen molar-refractivity contribution in [1.82, 2.24) is 0 Å². The first-order valence-electron chi connectivity index (χ1n) is 6.10. The lowest BCUT2D eigenvalue weighted by Crippen LogP contribution is -2.11. The first-order valence-corrected chi connectivity index (χ1v) is 6.48. The van der Waals surface area contributed by atoms with Gasteiger partial charge in [-0.3, -0.25) is 5.41 Å². The highest BCUT2D eigenvalue weighted by Crippen LogP contribution is 2.29. The van der Waals surface area contributed by atoms with Crippen LogP contribution in [0.25, 0.3) is 0 Å². The van der Waals surface area contributed by atoms with E-state index in [1.807, 2.05) is 0 Å². The number of nitrogen functional groups attached to an aromatic ring is 1. The van der Waals surface area contributed by atoms with E-state index in [0.717, 1.165) is 0 Å². The smallest absolute Gasteiger partial charge is 0.161 e. The Morgan fingerprint density at radius 1 is 1.24 bits per heavy atom. The Morgan fingerprint density at radius 3 is 2.62 bits per heavy atom. The van der Waals surface area contributed by atoms with E-state index in [-0.39, 0.29) is 12.4 Å². The van der Waals surface area contributed by atoms with E-state index >= 15 is 0 Å². The molecule has 2 aromatic rings. The second-order valence-corrected chi connectivity index (χ2v) is 4.74. The zero-order valence-corrected chi connectivity index (χ0v) is 12.1. The van der Waals surface area contributed by atoms with Gasteiger partial charge in [-0.2, -0.15) is 0 Å². The molecule has 6 heteroatoms. The molecule has 2 aromatic carbocycles. The van der Waals surface area contributed by atoms with Crippen LogP contribution in [0.3, 0.4) is 0 Å². The Kier molecular flexibility index (Phi) is 4.65. The van der Waals surface area contributed by atoms with Crippen LogP contribution in [0.4, 0.5) is 4.39 Å². The number of hydrogen-bond donors (Lipinski definition) is 2. The summed E-state index contributed by atoms with van der Waals surface area (Å²) in [6.07, 6.45) is 0. The summed E-state index contributed by atoms with van der Waals surface area (Å²) >= 11 is 5.70. The second-order valence-electron chi connectivity index (χ2n) is 4.30.